The monoisotopic (exact) mass is 294 g/mol. The van der Waals surface area contributed by atoms with E-state index in [0.29, 0.717) is 5.69 Å². The number of hydrogen-bond donors (Lipinski definition) is 2. The number of hydrogen-bond acceptors (Lipinski definition) is 4. The maximum Gasteiger partial charge on any atom is 0.133 e. The first-order chi connectivity index (χ1) is 10.7. The van der Waals surface area contributed by atoms with Crippen molar-refractivity contribution in [2.75, 3.05) is 12.4 Å². The molecule has 112 valence electrons. The average molecular weight is 294 g/mol. The minimum atomic E-state index is -0.0782. The van der Waals surface area contributed by atoms with Crippen molar-refractivity contribution >= 4 is 5.82 Å². The SMILES string of the molecule is CNc1c(C)c(-c2ccnc(CO)c2)nn1-c1ccccc1. The van der Waals surface area contributed by atoms with E-state index < -0.39 is 0 Å². The summed E-state index contributed by atoms with van der Waals surface area (Å²) in [5, 5.41) is 17.2. The molecule has 3 rings (SSSR count). The van der Waals surface area contributed by atoms with Gasteiger partial charge in [0.25, 0.3) is 0 Å². The van der Waals surface area contributed by atoms with Crippen molar-refractivity contribution < 1.29 is 5.11 Å². The van der Waals surface area contributed by atoms with Gasteiger partial charge in [-0.05, 0) is 31.2 Å². The molecule has 0 aliphatic carbocycles. The summed E-state index contributed by atoms with van der Waals surface area (Å²) in [6.07, 6.45) is 1.70. The Kier molecular flexibility index (Phi) is 3.89. The van der Waals surface area contributed by atoms with Crippen molar-refractivity contribution in [3.8, 4) is 16.9 Å². The highest BCUT2D eigenvalue weighted by Crippen LogP contribution is 2.30. The molecule has 0 spiro atoms. The third-order valence-electron chi connectivity index (χ3n) is 3.61. The first kappa shape index (κ1) is 14.3. The average Bonchev–Trinajstić information content (AvgIpc) is 2.92. The summed E-state index contributed by atoms with van der Waals surface area (Å²) in [6.45, 7) is 1.96. The standard InChI is InChI=1S/C17H18N4O/c1-12-16(13-8-9-19-14(10-13)11-22)20-21(17(12)18-2)15-6-4-3-5-7-15/h3-10,18,22H,11H2,1-2H3. The third kappa shape index (κ3) is 2.46. The summed E-state index contributed by atoms with van der Waals surface area (Å²) in [7, 11) is 1.89. The molecule has 0 aliphatic rings. The number of pyridine rings is 1. The Morgan fingerprint density at radius 2 is 1.95 bits per heavy atom. The van der Waals surface area contributed by atoms with Gasteiger partial charge in [-0.25, -0.2) is 4.68 Å². The van der Waals surface area contributed by atoms with Crippen LogP contribution in [0.3, 0.4) is 0 Å². The highest BCUT2D eigenvalue weighted by Gasteiger charge is 2.16. The largest absolute Gasteiger partial charge is 0.390 e. The van der Waals surface area contributed by atoms with E-state index in [-0.39, 0.29) is 6.61 Å². The van der Waals surface area contributed by atoms with Crippen LogP contribution in [-0.4, -0.2) is 26.9 Å². The molecule has 0 radical (unpaired) electrons. The lowest BCUT2D eigenvalue weighted by atomic mass is 10.1. The summed E-state index contributed by atoms with van der Waals surface area (Å²) < 4.78 is 1.89. The molecule has 0 aliphatic heterocycles. The van der Waals surface area contributed by atoms with Gasteiger partial charge in [-0.1, -0.05) is 18.2 Å². The summed E-state index contributed by atoms with van der Waals surface area (Å²) >= 11 is 0. The van der Waals surface area contributed by atoms with Crippen LogP contribution in [0.2, 0.25) is 0 Å². The number of aliphatic hydroxyl groups is 1. The zero-order chi connectivity index (χ0) is 15.5. The predicted molar refractivity (Wildman–Crippen MR) is 87.0 cm³/mol. The molecule has 22 heavy (non-hydrogen) atoms. The normalized spacial score (nSPS) is 10.7. The number of anilines is 1. The van der Waals surface area contributed by atoms with Crippen LogP contribution < -0.4 is 5.32 Å². The maximum absolute atomic E-state index is 9.26. The second kappa shape index (κ2) is 5.99. The van der Waals surface area contributed by atoms with E-state index in [9.17, 15) is 5.11 Å². The Balaban J connectivity index is 2.15. The molecular formula is C17H18N4O. The molecule has 0 unspecified atom stereocenters. The highest BCUT2D eigenvalue weighted by atomic mass is 16.3. The smallest absolute Gasteiger partial charge is 0.133 e. The van der Waals surface area contributed by atoms with Crippen LogP contribution in [0, 0.1) is 6.92 Å². The number of rotatable bonds is 4. The second-order valence-corrected chi connectivity index (χ2v) is 5.01. The number of aromatic nitrogens is 3. The minimum Gasteiger partial charge on any atom is -0.390 e. The molecule has 2 aromatic heterocycles. The topological polar surface area (TPSA) is 63.0 Å². The second-order valence-electron chi connectivity index (χ2n) is 5.01. The number of benzene rings is 1. The van der Waals surface area contributed by atoms with Crippen LogP contribution in [0.4, 0.5) is 5.82 Å². The van der Waals surface area contributed by atoms with E-state index in [1.807, 2.05) is 61.1 Å². The van der Waals surface area contributed by atoms with E-state index >= 15 is 0 Å². The van der Waals surface area contributed by atoms with Crippen molar-refractivity contribution in [1.29, 1.82) is 0 Å². The molecular weight excluding hydrogens is 276 g/mol. The highest BCUT2D eigenvalue weighted by molar-refractivity contribution is 5.70. The lowest BCUT2D eigenvalue weighted by molar-refractivity contribution is 0.277. The van der Waals surface area contributed by atoms with Gasteiger partial charge in [0.15, 0.2) is 0 Å². The molecule has 0 fully saturated rings. The first-order valence-corrected chi connectivity index (χ1v) is 7.13. The number of nitrogens with one attached hydrogen (secondary N) is 1. The quantitative estimate of drug-likeness (QED) is 0.776. The van der Waals surface area contributed by atoms with Crippen LogP contribution in [0.1, 0.15) is 11.3 Å². The lowest BCUT2D eigenvalue weighted by Crippen LogP contribution is -2.02. The van der Waals surface area contributed by atoms with Crippen LogP contribution in [0.25, 0.3) is 16.9 Å². The lowest BCUT2D eigenvalue weighted by Gasteiger charge is -2.06. The molecule has 5 nitrogen and oxygen atoms in total. The molecule has 0 saturated carbocycles. The van der Waals surface area contributed by atoms with Crippen molar-refractivity contribution in [3.63, 3.8) is 0 Å². The summed E-state index contributed by atoms with van der Waals surface area (Å²) in [5.74, 6) is 0.948. The van der Waals surface area contributed by atoms with Gasteiger partial charge in [-0.15, -0.1) is 0 Å². The molecule has 0 atom stereocenters. The zero-order valence-electron chi connectivity index (χ0n) is 12.6. The van der Waals surface area contributed by atoms with Gasteiger partial charge in [0.2, 0.25) is 0 Å². The Labute approximate surface area is 129 Å². The fourth-order valence-electron chi connectivity index (χ4n) is 2.53. The van der Waals surface area contributed by atoms with Crippen molar-refractivity contribution in [2.24, 2.45) is 0 Å². The molecule has 0 saturated heterocycles. The predicted octanol–water partition coefficient (Wildman–Crippen LogP) is 2.78. The van der Waals surface area contributed by atoms with Crippen LogP contribution in [0.5, 0.6) is 0 Å². The van der Waals surface area contributed by atoms with Crippen LogP contribution in [0.15, 0.2) is 48.7 Å². The van der Waals surface area contributed by atoms with Gasteiger partial charge in [0.1, 0.15) is 5.82 Å². The molecule has 0 amide bonds. The van der Waals surface area contributed by atoms with E-state index in [4.69, 9.17) is 5.10 Å². The Morgan fingerprint density at radius 3 is 2.64 bits per heavy atom. The molecule has 2 N–H and O–H groups in total. The van der Waals surface area contributed by atoms with E-state index in [2.05, 4.69) is 10.3 Å². The van der Waals surface area contributed by atoms with Crippen molar-refractivity contribution in [2.45, 2.75) is 13.5 Å². The van der Waals surface area contributed by atoms with Crippen LogP contribution >= 0.6 is 0 Å². The van der Waals surface area contributed by atoms with Crippen molar-refractivity contribution in [3.05, 3.63) is 59.9 Å². The fourth-order valence-corrected chi connectivity index (χ4v) is 2.53. The van der Waals surface area contributed by atoms with Gasteiger partial charge in [0, 0.05) is 24.4 Å². The third-order valence-corrected chi connectivity index (χ3v) is 3.61. The molecule has 2 heterocycles. The first-order valence-electron chi connectivity index (χ1n) is 7.13. The van der Waals surface area contributed by atoms with Gasteiger partial charge in [-0.2, -0.15) is 5.10 Å². The molecule has 1 aromatic carbocycles. The summed E-state index contributed by atoms with van der Waals surface area (Å²) in [5.41, 5.74) is 4.52. The number of aliphatic hydroxyl groups excluding tert-OH is 1. The van der Waals surface area contributed by atoms with Crippen LogP contribution in [-0.2, 0) is 6.61 Å². The van der Waals surface area contributed by atoms with Gasteiger partial charge in [-0.3, -0.25) is 4.98 Å². The molecule has 3 aromatic rings. The van der Waals surface area contributed by atoms with E-state index in [0.717, 1.165) is 28.3 Å². The van der Waals surface area contributed by atoms with E-state index in [1.165, 1.54) is 0 Å². The fraction of sp³-hybridized carbons (Fsp3) is 0.176. The zero-order valence-corrected chi connectivity index (χ0v) is 12.6. The summed E-state index contributed by atoms with van der Waals surface area (Å²) in [4.78, 5) is 4.12. The van der Waals surface area contributed by atoms with Crippen molar-refractivity contribution in [1.82, 2.24) is 14.8 Å². The molecule has 0 bridgehead atoms. The summed E-state index contributed by atoms with van der Waals surface area (Å²) in [6, 6.07) is 13.8. The maximum atomic E-state index is 9.26. The number of para-hydroxylation sites is 1. The minimum absolute atomic E-state index is 0.0782. The van der Waals surface area contributed by atoms with Gasteiger partial charge < -0.3 is 10.4 Å². The van der Waals surface area contributed by atoms with E-state index in [1.54, 1.807) is 6.20 Å². The Hall–Kier alpha value is -2.66. The van der Waals surface area contributed by atoms with Gasteiger partial charge >= 0.3 is 0 Å². The Bertz CT molecular complexity index is 781. The molecule has 5 heteroatoms. The Morgan fingerprint density at radius 1 is 1.18 bits per heavy atom. The number of nitrogens with zero attached hydrogens (tertiary/aromatic N) is 3. The van der Waals surface area contributed by atoms with Gasteiger partial charge in [0.05, 0.1) is 23.7 Å².